The maximum Gasteiger partial charge on any atom is 0.323 e. The molecule has 0 saturated carbocycles. The van der Waals surface area contributed by atoms with E-state index < -0.39 is 36.2 Å². The standard InChI is InChI=1S/C31H49NO8/c1-10-11-12-13-26(33)37-20(2)21(3)38-29(36)23(32)16-22-14-15-24(39-27(34)18-30(4,5)6)25(17-22)40-28(35)19-31(7,8)9/h14-15,17,20-21,23H,10-13,16,18-19,32H2,1-9H3/t20-,21-,23-/m0/s1. The maximum atomic E-state index is 12.7. The smallest absolute Gasteiger partial charge is 0.323 e. The highest BCUT2D eigenvalue weighted by Crippen LogP contribution is 2.32. The van der Waals surface area contributed by atoms with E-state index in [1.54, 1.807) is 19.9 Å². The second kappa shape index (κ2) is 15.7. The van der Waals surface area contributed by atoms with Crippen molar-refractivity contribution in [1.29, 1.82) is 0 Å². The molecule has 1 aromatic carbocycles. The molecule has 2 N–H and O–H groups in total. The predicted molar refractivity (Wildman–Crippen MR) is 153 cm³/mol. The van der Waals surface area contributed by atoms with Crippen molar-refractivity contribution in [1.82, 2.24) is 0 Å². The molecule has 9 nitrogen and oxygen atoms in total. The van der Waals surface area contributed by atoms with Gasteiger partial charge in [0.05, 0.1) is 12.8 Å². The lowest BCUT2D eigenvalue weighted by atomic mass is 9.92. The zero-order chi connectivity index (χ0) is 30.7. The number of esters is 4. The van der Waals surface area contributed by atoms with Gasteiger partial charge in [0.25, 0.3) is 0 Å². The Kier molecular flexibility index (Phi) is 13.8. The van der Waals surface area contributed by atoms with E-state index in [2.05, 4.69) is 6.92 Å². The maximum absolute atomic E-state index is 12.7. The minimum atomic E-state index is -1.03. The van der Waals surface area contributed by atoms with Crippen LogP contribution in [0.2, 0.25) is 0 Å². The number of ether oxygens (including phenoxy) is 4. The average molecular weight is 564 g/mol. The Morgan fingerprint density at radius 3 is 1.82 bits per heavy atom. The molecule has 0 aromatic heterocycles. The number of hydrogen-bond donors (Lipinski definition) is 1. The molecular formula is C31H49NO8. The van der Waals surface area contributed by atoms with E-state index in [1.165, 1.54) is 12.1 Å². The van der Waals surface area contributed by atoms with Crippen LogP contribution in [0.1, 0.15) is 106 Å². The van der Waals surface area contributed by atoms with Crippen molar-refractivity contribution < 1.29 is 38.1 Å². The molecule has 1 rings (SSSR count). The fourth-order valence-electron chi connectivity index (χ4n) is 3.61. The number of benzene rings is 1. The highest BCUT2D eigenvalue weighted by molar-refractivity contribution is 5.78. The minimum Gasteiger partial charge on any atom is -0.459 e. The van der Waals surface area contributed by atoms with Crippen molar-refractivity contribution >= 4 is 23.9 Å². The summed E-state index contributed by atoms with van der Waals surface area (Å²) in [5.41, 5.74) is 6.13. The monoisotopic (exact) mass is 563 g/mol. The van der Waals surface area contributed by atoms with E-state index in [9.17, 15) is 19.2 Å². The van der Waals surface area contributed by atoms with Crippen molar-refractivity contribution in [3.63, 3.8) is 0 Å². The van der Waals surface area contributed by atoms with Crippen LogP contribution < -0.4 is 15.2 Å². The lowest BCUT2D eigenvalue weighted by Gasteiger charge is -2.22. The third-order valence-electron chi connectivity index (χ3n) is 5.83. The SMILES string of the molecule is CCCCCC(=O)O[C@@H](C)[C@H](C)OC(=O)[C@@H](N)Cc1ccc(OC(=O)CC(C)(C)C)c(OC(=O)CC(C)(C)C)c1. The highest BCUT2D eigenvalue weighted by atomic mass is 16.6. The van der Waals surface area contributed by atoms with Crippen LogP contribution in [0.3, 0.4) is 0 Å². The van der Waals surface area contributed by atoms with E-state index in [1.807, 2.05) is 41.5 Å². The van der Waals surface area contributed by atoms with Gasteiger partial charge in [0.2, 0.25) is 0 Å². The lowest BCUT2D eigenvalue weighted by Crippen LogP contribution is -2.39. The fourth-order valence-corrected chi connectivity index (χ4v) is 3.61. The van der Waals surface area contributed by atoms with E-state index >= 15 is 0 Å². The number of rotatable bonds is 14. The summed E-state index contributed by atoms with van der Waals surface area (Å²) in [6.07, 6.45) is 2.11. The zero-order valence-electron chi connectivity index (χ0n) is 25.8. The molecule has 0 unspecified atom stereocenters. The first kappa shape index (κ1) is 35.1. The Morgan fingerprint density at radius 1 is 0.775 bits per heavy atom. The summed E-state index contributed by atoms with van der Waals surface area (Å²) in [6.45, 7) is 16.8. The Labute approximate surface area is 239 Å². The first-order chi connectivity index (χ1) is 18.4. The van der Waals surface area contributed by atoms with Crippen molar-refractivity contribution in [2.45, 2.75) is 126 Å². The Balaban J connectivity index is 2.93. The molecule has 0 amide bonds. The molecule has 9 heteroatoms. The molecule has 0 spiro atoms. The van der Waals surface area contributed by atoms with Crippen LogP contribution in [0.25, 0.3) is 0 Å². The van der Waals surface area contributed by atoms with Crippen molar-refractivity contribution in [2.24, 2.45) is 16.6 Å². The third-order valence-corrected chi connectivity index (χ3v) is 5.83. The molecule has 226 valence electrons. The van der Waals surface area contributed by atoms with E-state index in [0.29, 0.717) is 12.0 Å². The van der Waals surface area contributed by atoms with Gasteiger partial charge >= 0.3 is 23.9 Å². The van der Waals surface area contributed by atoms with Gasteiger partial charge in [-0.1, -0.05) is 67.4 Å². The van der Waals surface area contributed by atoms with Crippen LogP contribution in [0.5, 0.6) is 11.5 Å². The first-order valence-corrected chi connectivity index (χ1v) is 14.1. The number of carbonyl (C=O) groups excluding carboxylic acids is 4. The van der Waals surface area contributed by atoms with Gasteiger partial charge in [-0.15, -0.1) is 0 Å². The molecule has 0 heterocycles. The van der Waals surface area contributed by atoms with Crippen molar-refractivity contribution in [3.05, 3.63) is 23.8 Å². The van der Waals surface area contributed by atoms with Gasteiger partial charge in [-0.05, 0) is 55.2 Å². The van der Waals surface area contributed by atoms with E-state index in [-0.39, 0.29) is 47.6 Å². The average Bonchev–Trinajstić information content (AvgIpc) is 2.78. The Bertz CT molecular complexity index is 1010. The van der Waals surface area contributed by atoms with Crippen molar-refractivity contribution in [3.8, 4) is 11.5 Å². The van der Waals surface area contributed by atoms with Gasteiger partial charge in [-0.25, -0.2) is 0 Å². The number of hydrogen-bond acceptors (Lipinski definition) is 9. The molecule has 40 heavy (non-hydrogen) atoms. The van der Waals surface area contributed by atoms with Gasteiger partial charge < -0.3 is 24.7 Å². The Morgan fingerprint density at radius 2 is 1.30 bits per heavy atom. The third kappa shape index (κ3) is 14.4. The summed E-state index contributed by atoms with van der Waals surface area (Å²) in [6, 6.07) is 3.69. The summed E-state index contributed by atoms with van der Waals surface area (Å²) in [5.74, 6) is -1.74. The van der Waals surface area contributed by atoms with Gasteiger partial charge in [0.1, 0.15) is 18.2 Å². The fraction of sp³-hybridized carbons (Fsp3) is 0.677. The quantitative estimate of drug-likeness (QED) is 0.172. The van der Waals surface area contributed by atoms with Crippen LogP contribution in [-0.2, 0) is 35.1 Å². The van der Waals surface area contributed by atoms with Gasteiger partial charge in [0, 0.05) is 6.42 Å². The molecule has 0 aliphatic carbocycles. The van der Waals surface area contributed by atoms with E-state index in [0.717, 1.165) is 19.3 Å². The van der Waals surface area contributed by atoms with Crippen LogP contribution in [0.4, 0.5) is 0 Å². The molecule has 0 aliphatic rings. The van der Waals surface area contributed by atoms with Crippen LogP contribution in [-0.4, -0.2) is 42.1 Å². The molecule has 0 saturated heterocycles. The second-order valence-electron chi connectivity index (χ2n) is 12.8. The summed E-state index contributed by atoms with van der Waals surface area (Å²) in [4.78, 5) is 49.7. The summed E-state index contributed by atoms with van der Waals surface area (Å²) < 4.78 is 21.9. The molecule has 0 aliphatic heterocycles. The molecule has 0 bridgehead atoms. The van der Waals surface area contributed by atoms with Crippen LogP contribution in [0.15, 0.2) is 18.2 Å². The lowest BCUT2D eigenvalue weighted by molar-refractivity contribution is -0.166. The molecular weight excluding hydrogens is 514 g/mol. The number of unbranched alkanes of at least 4 members (excludes halogenated alkanes) is 2. The largest absolute Gasteiger partial charge is 0.459 e. The summed E-state index contributed by atoms with van der Waals surface area (Å²) in [5, 5.41) is 0. The molecule has 3 atom stereocenters. The van der Waals surface area contributed by atoms with Gasteiger partial charge in [-0.3, -0.25) is 19.2 Å². The number of nitrogens with two attached hydrogens (primary N) is 1. The van der Waals surface area contributed by atoms with Crippen LogP contribution >= 0.6 is 0 Å². The molecule has 1 aromatic rings. The first-order valence-electron chi connectivity index (χ1n) is 14.1. The predicted octanol–water partition coefficient (Wildman–Crippen LogP) is 5.68. The molecule has 0 fully saturated rings. The second-order valence-corrected chi connectivity index (χ2v) is 12.8. The minimum absolute atomic E-state index is 0.0755. The topological polar surface area (TPSA) is 131 Å². The highest BCUT2D eigenvalue weighted by Gasteiger charge is 2.26. The van der Waals surface area contributed by atoms with Crippen molar-refractivity contribution in [2.75, 3.05) is 0 Å². The zero-order valence-corrected chi connectivity index (χ0v) is 25.8. The van der Waals surface area contributed by atoms with Gasteiger partial charge in [-0.2, -0.15) is 0 Å². The summed E-state index contributed by atoms with van der Waals surface area (Å²) in [7, 11) is 0. The van der Waals surface area contributed by atoms with E-state index in [4.69, 9.17) is 24.7 Å². The normalized spacial score (nSPS) is 14.1. The van der Waals surface area contributed by atoms with Gasteiger partial charge in [0.15, 0.2) is 11.5 Å². The summed E-state index contributed by atoms with van der Waals surface area (Å²) >= 11 is 0. The Hall–Kier alpha value is -2.94. The number of carbonyl (C=O) groups is 4. The molecule has 0 radical (unpaired) electrons. The van der Waals surface area contributed by atoms with Crippen LogP contribution in [0, 0.1) is 10.8 Å².